The molecule has 2 aromatic carbocycles. The minimum Gasteiger partial charge on any atom is -1.00 e. The summed E-state index contributed by atoms with van der Waals surface area (Å²) in [5.41, 5.74) is 5.63. The van der Waals surface area contributed by atoms with Crippen molar-refractivity contribution in [2.45, 2.75) is 13.1 Å². The summed E-state index contributed by atoms with van der Waals surface area (Å²) in [6, 6.07) is 22.3. The van der Waals surface area contributed by atoms with Crippen LogP contribution in [-0.4, -0.2) is 51.5 Å². The van der Waals surface area contributed by atoms with Crippen LogP contribution in [0.15, 0.2) is 66.7 Å². The SMILES string of the molecule is COCCn1c(-c2cccc(-c3nc4ccccc4n3CCOC)n2)nc2ccccc21.[Cl-].[Cl-].[Fe+2]. The van der Waals surface area contributed by atoms with E-state index in [-0.39, 0.29) is 41.9 Å². The summed E-state index contributed by atoms with van der Waals surface area (Å²) in [7, 11) is 3.42. The van der Waals surface area contributed by atoms with E-state index >= 15 is 0 Å². The van der Waals surface area contributed by atoms with Gasteiger partial charge in [0.25, 0.3) is 0 Å². The standard InChI is InChI=1S/C25H25N5O2.2ClH.Fe/c1-31-16-14-29-22-12-5-3-8-18(22)27-24(29)20-10-7-11-21(26-20)25-28-19-9-4-6-13-23(19)30(25)15-17-32-2;;;/h3-13H,14-17H2,1-2H3;2*1H;/q;;;+2/p-2. The van der Waals surface area contributed by atoms with Crippen molar-refractivity contribution in [3.8, 4) is 23.0 Å². The summed E-state index contributed by atoms with van der Waals surface area (Å²) >= 11 is 0. The Kier molecular flexibility index (Phi) is 10.7. The van der Waals surface area contributed by atoms with E-state index in [9.17, 15) is 0 Å². The first-order chi connectivity index (χ1) is 15.8. The van der Waals surface area contributed by atoms with E-state index in [4.69, 9.17) is 24.4 Å². The van der Waals surface area contributed by atoms with Crippen LogP contribution in [0.2, 0.25) is 0 Å². The van der Waals surface area contributed by atoms with Gasteiger partial charge in [0.1, 0.15) is 11.4 Å². The number of imidazole rings is 2. The Bertz CT molecular complexity index is 1290. The largest absolute Gasteiger partial charge is 2.00 e. The Morgan fingerprint density at radius 1 is 0.600 bits per heavy atom. The Morgan fingerprint density at radius 3 is 1.46 bits per heavy atom. The number of benzene rings is 2. The topological polar surface area (TPSA) is 67.0 Å². The van der Waals surface area contributed by atoms with Gasteiger partial charge in [-0.15, -0.1) is 0 Å². The van der Waals surface area contributed by atoms with Crippen LogP contribution in [-0.2, 0) is 39.6 Å². The first-order valence-electron chi connectivity index (χ1n) is 10.7. The fourth-order valence-electron chi connectivity index (χ4n) is 4.04. The summed E-state index contributed by atoms with van der Waals surface area (Å²) in [6.07, 6.45) is 0. The van der Waals surface area contributed by atoms with Crippen LogP contribution in [0, 0.1) is 0 Å². The van der Waals surface area contributed by atoms with E-state index in [2.05, 4.69) is 21.3 Å². The molecule has 3 heterocycles. The third kappa shape index (κ3) is 5.70. The van der Waals surface area contributed by atoms with Gasteiger partial charge in [0, 0.05) is 27.3 Å². The third-order valence-corrected chi connectivity index (χ3v) is 5.55. The van der Waals surface area contributed by atoms with Gasteiger partial charge in [-0.1, -0.05) is 30.3 Å². The molecule has 0 N–H and O–H groups in total. The van der Waals surface area contributed by atoms with Gasteiger partial charge in [-0.2, -0.15) is 0 Å². The van der Waals surface area contributed by atoms with Crippen molar-refractivity contribution >= 4 is 22.1 Å². The predicted octanol–water partition coefficient (Wildman–Crippen LogP) is -1.59. The number of halogens is 2. The van der Waals surface area contributed by atoms with Gasteiger partial charge in [-0.3, -0.25) is 0 Å². The first-order valence-corrected chi connectivity index (χ1v) is 10.7. The smallest absolute Gasteiger partial charge is 1.00 e. The van der Waals surface area contributed by atoms with Gasteiger partial charge >= 0.3 is 17.1 Å². The average Bonchev–Trinajstić information content (AvgIpc) is 3.40. The number of fused-ring (bicyclic) bond motifs is 2. The van der Waals surface area contributed by atoms with Crippen LogP contribution < -0.4 is 24.8 Å². The van der Waals surface area contributed by atoms with E-state index in [1.165, 1.54) is 0 Å². The predicted molar refractivity (Wildman–Crippen MR) is 125 cm³/mol. The average molecular weight is 554 g/mol. The number of hydrogen-bond donors (Lipinski definition) is 0. The summed E-state index contributed by atoms with van der Waals surface area (Å²) in [6.45, 7) is 2.59. The van der Waals surface area contributed by atoms with Crippen LogP contribution in [0.25, 0.3) is 45.1 Å². The molecule has 0 aliphatic rings. The molecule has 0 amide bonds. The number of pyridine rings is 1. The molecule has 0 aliphatic heterocycles. The van der Waals surface area contributed by atoms with E-state index in [0.29, 0.717) is 26.3 Å². The third-order valence-electron chi connectivity index (χ3n) is 5.55. The zero-order valence-corrected chi connectivity index (χ0v) is 22.0. The van der Waals surface area contributed by atoms with Crippen molar-refractivity contribution in [1.82, 2.24) is 24.1 Å². The molecule has 35 heavy (non-hydrogen) atoms. The van der Waals surface area contributed by atoms with Crippen molar-refractivity contribution in [1.29, 1.82) is 0 Å². The fourth-order valence-corrected chi connectivity index (χ4v) is 4.04. The van der Waals surface area contributed by atoms with Gasteiger partial charge in [0.2, 0.25) is 0 Å². The van der Waals surface area contributed by atoms with Crippen molar-refractivity contribution < 1.29 is 51.4 Å². The second-order valence-corrected chi connectivity index (χ2v) is 7.55. The molecule has 5 rings (SSSR count). The summed E-state index contributed by atoms with van der Waals surface area (Å²) in [5.74, 6) is 1.65. The summed E-state index contributed by atoms with van der Waals surface area (Å²) in [5, 5.41) is 0. The van der Waals surface area contributed by atoms with Crippen LogP contribution in [0.5, 0.6) is 0 Å². The van der Waals surface area contributed by atoms with Crippen molar-refractivity contribution in [2.24, 2.45) is 0 Å². The van der Waals surface area contributed by atoms with Gasteiger partial charge < -0.3 is 43.4 Å². The zero-order chi connectivity index (χ0) is 21.9. The Balaban J connectivity index is 0.00000144. The number of hydrogen-bond acceptors (Lipinski definition) is 5. The van der Waals surface area contributed by atoms with Gasteiger partial charge in [0.05, 0.1) is 35.3 Å². The van der Waals surface area contributed by atoms with Crippen LogP contribution >= 0.6 is 0 Å². The Morgan fingerprint density at radius 2 is 1.03 bits per heavy atom. The molecule has 0 radical (unpaired) electrons. The molecule has 0 unspecified atom stereocenters. The van der Waals surface area contributed by atoms with E-state index in [0.717, 1.165) is 45.1 Å². The molecule has 5 aromatic rings. The molecule has 0 spiro atoms. The van der Waals surface area contributed by atoms with Gasteiger partial charge in [-0.25, -0.2) is 15.0 Å². The quantitative estimate of drug-likeness (QED) is 0.217. The molecule has 0 atom stereocenters. The molecule has 0 bridgehead atoms. The molecule has 10 heteroatoms. The van der Waals surface area contributed by atoms with E-state index in [1.54, 1.807) is 14.2 Å². The number of aromatic nitrogens is 5. The second-order valence-electron chi connectivity index (χ2n) is 7.55. The minimum absolute atomic E-state index is 0. The molecule has 0 saturated carbocycles. The normalized spacial score (nSPS) is 10.6. The van der Waals surface area contributed by atoms with Crippen molar-refractivity contribution in [2.75, 3.05) is 27.4 Å². The number of nitrogens with zero attached hydrogens (tertiary/aromatic N) is 5. The Hall–Kier alpha value is -2.45. The summed E-state index contributed by atoms with van der Waals surface area (Å²) in [4.78, 5) is 14.8. The van der Waals surface area contributed by atoms with Gasteiger partial charge in [-0.05, 0) is 36.4 Å². The van der Waals surface area contributed by atoms with Crippen LogP contribution in [0.3, 0.4) is 0 Å². The van der Waals surface area contributed by atoms with Crippen LogP contribution in [0.1, 0.15) is 0 Å². The monoisotopic (exact) mass is 553 g/mol. The van der Waals surface area contributed by atoms with Crippen molar-refractivity contribution in [3.05, 3.63) is 66.7 Å². The van der Waals surface area contributed by atoms with Crippen molar-refractivity contribution in [3.63, 3.8) is 0 Å². The van der Waals surface area contributed by atoms with E-state index < -0.39 is 0 Å². The molecule has 7 nitrogen and oxygen atoms in total. The minimum atomic E-state index is 0. The molecule has 0 saturated heterocycles. The molecule has 0 fully saturated rings. The second kappa shape index (κ2) is 13.0. The zero-order valence-electron chi connectivity index (χ0n) is 19.3. The maximum Gasteiger partial charge on any atom is 2.00 e. The first kappa shape index (κ1) is 28.8. The molecule has 3 aromatic heterocycles. The Labute approximate surface area is 227 Å². The molecule has 184 valence electrons. The number of ether oxygens (including phenoxy) is 2. The molecule has 0 aliphatic carbocycles. The van der Waals surface area contributed by atoms with Gasteiger partial charge in [0.15, 0.2) is 11.6 Å². The summed E-state index contributed by atoms with van der Waals surface area (Å²) < 4.78 is 15.0. The fraction of sp³-hybridized carbons (Fsp3) is 0.240. The number of rotatable bonds is 8. The van der Waals surface area contributed by atoms with E-state index in [1.807, 2.05) is 54.6 Å². The van der Waals surface area contributed by atoms with Crippen LogP contribution in [0.4, 0.5) is 0 Å². The molecular formula is C25H25Cl2FeN5O2. The maximum absolute atomic E-state index is 5.34. The number of methoxy groups -OCH3 is 2. The number of para-hydroxylation sites is 4. The maximum atomic E-state index is 5.34. The molecular weight excluding hydrogens is 529 g/mol.